The summed E-state index contributed by atoms with van der Waals surface area (Å²) in [6.45, 7) is 8.89. The van der Waals surface area contributed by atoms with Gasteiger partial charge in [-0.3, -0.25) is 4.79 Å². The lowest BCUT2D eigenvalue weighted by molar-refractivity contribution is -0.111. The number of ether oxygens (including phenoxy) is 4. The molecule has 1 aliphatic heterocycles. The summed E-state index contributed by atoms with van der Waals surface area (Å²) in [7, 11) is 0. The highest BCUT2D eigenvalue weighted by Crippen LogP contribution is 2.35. The number of benzene rings is 1. The Morgan fingerprint density at radius 1 is 1.16 bits per heavy atom. The standard InChI is InChI=1S/C23H25NO7S/c1-6-28-21(26)18-13(2)19(22(27)31-23(3,4)5)32-20(18)24-17(25)10-8-14-7-9-15-16(11-14)30-12-29-15/h7-11H,6,12H2,1-5H3,(H,24,25). The number of amides is 1. The predicted octanol–water partition coefficient (Wildman–Crippen LogP) is 4.57. The van der Waals surface area contributed by atoms with E-state index in [1.54, 1.807) is 58.9 Å². The minimum Gasteiger partial charge on any atom is -0.462 e. The van der Waals surface area contributed by atoms with Crippen molar-refractivity contribution in [3.63, 3.8) is 0 Å². The molecule has 2 aromatic rings. The molecule has 0 aliphatic carbocycles. The number of carbonyl (C=O) groups is 3. The quantitative estimate of drug-likeness (QED) is 0.499. The van der Waals surface area contributed by atoms with Crippen LogP contribution >= 0.6 is 11.3 Å². The first-order valence-electron chi connectivity index (χ1n) is 10.0. The lowest BCUT2D eigenvalue weighted by Crippen LogP contribution is -2.23. The summed E-state index contributed by atoms with van der Waals surface area (Å²) in [4.78, 5) is 37.9. The van der Waals surface area contributed by atoms with E-state index in [1.807, 2.05) is 0 Å². The van der Waals surface area contributed by atoms with Gasteiger partial charge in [-0.15, -0.1) is 11.3 Å². The molecular weight excluding hydrogens is 434 g/mol. The van der Waals surface area contributed by atoms with Gasteiger partial charge in [-0.05, 0) is 64.0 Å². The van der Waals surface area contributed by atoms with Crippen LogP contribution in [0.1, 0.15) is 58.9 Å². The maximum absolute atomic E-state index is 12.6. The van der Waals surface area contributed by atoms with E-state index in [0.717, 1.165) is 16.9 Å². The molecule has 1 aromatic heterocycles. The van der Waals surface area contributed by atoms with Gasteiger partial charge < -0.3 is 24.3 Å². The molecule has 1 N–H and O–H groups in total. The molecule has 2 heterocycles. The van der Waals surface area contributed by atoms with Crippen molar-refractivity contribution in [3.05, 3.63) is 45.8 Å². The molecular formula is C23H25NO7S. The maximum atomic E-state index is 12.6. The molecule has 8 nitrogen and oxygen atoms in total. The number of carbonyl (C=O) groups excluding carboxylic acids is 3. The van der Waals surface area contributed by atoms with E-state index in [4.69, 9.17) is 18.9 Å². The third kappa shape index (κ3) is 5.47. The summed E-state index contributed by atoms with van der Waals surface area (Å²) in [5, 5.41) is 2.90. The largest absolute Gasteiger partial charge is 0.462 e. The number of hydrogen-bond donors (Lipinski definition) is 1. The lowest BCUT2D eigenvalue weighted by Gasteiger charge is -2.19. The fourth-order valence-electron chi connectivity index (χ4n) is 2.91. The van der Waals surface area contributed by atoms with Crippen molar-refractivity contribution < 1.29 is 33.3 Å². The predicted molar refractivity (Wildman–Crippen MR) is 120 cm³/mol. The van der Waals surface area contributed by atoms with E-state index in [9.17, 15) is 14.4 Å². The molecule has 0 bridgehead atoms. The van der Waals surface area contributed by atoms with Crippen LogP contribution in [0.15, 0.2) is 24.3 Å². The Morgan fingerprint density at radius 3 is 2.56 bits per heavy atom. The number of hydrogen-bond acceptors (Lipinski definition) is 8. The van der Waals surface area contributed by atoms with E-state index < -0.39 is 23.4 Å². The molecule has 0 atom stereocenters. The van der Waals surface area contributed by atoms with Crippen LogP contribution in [0.25, 0.3) is 6.08 Å². The Bertz CT molecular complexity index is 1080. The molecule has 3 rings (SSSR count). The van der Waals surface area contributed by atoms with Gasteiger partial charge in [0.1, 0.15) is 15.5 Å². The zero-order chi connectivity index (χ0) is 23.5. The second-order valence-corrected chi connectivity index (χ2v) is 8.94. The third-order valence-corrected chi connectivity index (χ3v) is 5.46. The van der Waals surface area contributed by atoms with Crippen molar-refractivity contribution >= 4 is 40.3 Å². The molecule has 0 fully saturated rings. The molecule has 0 radical (unpaired) electrons. The summed E-state index contributed by atoms with van der Waals surface area (Å²) in [5.74, 6) is -0.402. The van der Waals surface area contributed by atoms with Gasteiger partial charge in [0.2, 0.25) is 12.7 Å². The Balaban J connectivity index is 1.83. The van der Waals surface area contributed by atoms with Crippen LogP contribution in [-0.4, -0.2) is 36.8 Å². The Kier molecular flexibility index (Phi) is 6.88. The van der Waals surface area contributed by atoms with Crippen LogP contribution in [0.5, 0.6) is 11.5 Å². The average Bonchev–Trinajstić information content (AvgIpc) is 3.29. The number of anilines is 1. The van der Waals surface area contributed by atoms with Gasteiger partial charge >= 0.3 is 11.9 Å². The second-order valence-electron chi connectivity index (χ2n) is 7.92. The Morgan fingerprint density at radius 2 is 1.88 bits per heavy atom. The third-order valence-electron chi connectivity index (χ3n) is 4.27. The first kappa shape index (κ1) is 23.3. The topological polar surface area (TPSA) is 100 Å². The van der Waals surface area contributed by atoms with E-state index in [0.29, 0.717) is 17.1 Å². The fraction of sp³-hybridized carbons (Fsp3) is 0.348. The van der Waals surface area contributed by atoms with E-state index in [1.165, 1.54) is 6.08 Å². The maximum Gasteiger partial charge on any atom is 0.349 e. The summed E-state index contributed by atoms with van der Waals surface area (Å²) in [5.41, 5.74) is 0.584. The molecule has 1 amide bonds. The van der Waals surface area contributed by atoms with Crippen molar-refractivity contribution in [3.8, 4) is 11.5 Å². The number of rotatable bonds is 6. The Hall–Kier alpha value is -3.33. The number of esters is 2. The van der Waals surface area contributed by atoms with Crippen molar-refractivity contribution in [2.24, 2.45) is 0 Å². The fourth-order valence-corrected chi connectivity index (χ4v) is 3.99. The number of nitrogens with one attached hydrogen (secondary N) is 1. The molecule has 1 aliphatic rings. The van der Waals surface area contributed by atoms with Crippen LogP contribution in [-0.2, 0) is 14.3 Å². The molecule has 9 heteroatoms. The van der Waals surface area contributed by atoms with Gasteiger partial charge in [0.05, 0.1) is 12.2 Å². The van der Waals surface area contributed by atoms with E-state index >= 15 is 0 Å². The van der Waals surface area contributed by atoms with Crippen molar-refractivity contribution in [1.29, 1.82) is 0 Å². The van der Waals surface area contributed by atoms with Crippen LogP contribution in [0, 0.1) is 6.92 Å². The molecule has 0 unspecified atom stereocenters. The van der Waals surface area contributed by atoms with Crippen molar-refractivity contribution in [2.45, 2.75) is 40.2 Å². The zero-order valence-electron chi connectivity index (χ0n) is 18.6. The first-order chi connectivity index (χ1) is 15.1. The van der Waals surface area contributed by atoms with Gasteiger partial charge in [-0.2, -0.15) is 0 Å². The average molecular weight is 460 g/mol. The molecule has 0 saturated heterocycles. The van der Waals surface area contributed by atoms with Crippen LogP contribution < -0.4 is 14.8 Å². The van der Waals surface area contributed by atoms with Gasteiger partial charge in [-0.25, -0.2) is 9.59 Å². The highest BCUT2D eigenvalue weighted by atomic mass is 32.1. The monoisotopic (exact) mass is 459 g/mol. The highest BCUT2D eigenvalue weighted by molar-refractivity contribution is 7.18. The first-order valence-corrected chi connectivity index (χ1v) is 10.8. The summed E-state index contributed by atoms with van der Waals surface area (Å²) in [6.07, 6.45) is 2.94. The smallest absolute Gasteiger partial charge is 0.349 e. The van der Waals surface area contributed by atoms with Gasteiger partial charge in [0.25, 0.3) is 0 Å². The minimum absolute atomic E-state index is 0.141. The second kappa shape index (κ2) is 9.44. The zero-order valence-corrected chi connectivity index (χ0v) is 19.4. The lowest BCUT2D eigenvalue weighted by atomic mass is 10.1. The summed E-state index contributed by atoms with van der Waals surface area (Å²) >= 11 is 0.978. The van der Waals surface area contributed by atoms with Crippen LogP contribution in [0.2, 0.25) is 0 Å². The molecule has 170 valence electrons. The highest BCUT2D eigenvalue weighted by Gasteiger charge is 2.29. The normalized spacial score (nSPS) is 12.7. The van der Waals surface area contributed by atoms with Crippen LogP contribution in [0.3, 0.4) is 0 Å². The minimum atomic E-state index is -0.700. The number of fused-ring (bicyclic) bond motifs is 1. The van der Waals surface area contributed by atoms with Gasteiger partial charge in [-0.1, -0.05) is 6.07 Å². The van der Waals surface area contributed by atoms with Crippen LogP contribution in [0.4, 0.5) is 5.00 Å². The molecule has 0 saturated carbocycles. The SMILES string of the molecule is CCOC(=O)c1c(NC(=O)C=Cc2ccc3c(c2)OCO3)sc(C(=O)OC(C)(C)C)c1C. The number of thiophene rings is 1. The van der Waals surface area contributed by atoms with Crippen molar-refractivity contribution in [2.75, 3.05) is 18.7 Å². The molecule has 1 aromatic carbocycles. The molecule has 0 spiro atoms. The van der Waals surface area contributed by atoms with Gasteiger partial charge in [0, 0.05) is 6.08 Å². The summed E-state index contributed by atoms with van der Waals surface area (Å²) < 4.78 is 21.1. The van der Waals surface area contributed by atoms with E-state index in [-0.39, 0.29) is 28.8 Å². The van der Waals surface area contributed by atoms with E-state index in [2.05, 4.69) is 5.32 Å². The van der Waals surface area contributed by atoms with Gasteiger partial charge in [0.15, 0.2) is 11.5 Å². The Labute approximate surface area is 190 Å². The van der Waals surface area contributed by atoms with Crippen molar-refractivity contribution in [1.82, 2.24) is 0 Å². The summed E-state index contributed by atoms with van der Waals surface area (Å²) in [6, 6.07) is 5.30. The molecule has 32 heavy (non-hydrogen) atoms.